The van der Waals surface area contributed by atoms with Crippen molar-refractivity contribution in [2.75, 3.05) is 0 Å². The maximum absolute atomic E-state index is 4.54. The Labute approximate surface area is 242 Å². The molecule has 0 unspecified atom stereocenters. The molecule has 0 saturated carbocycles. The molecule has 10 rings (SSSR count). The summed E-state index contributed by atoms with van der Waals surface area (Å²) in [5, 5.41) is 8.96. The van der Waals surface area contributed by atoms with Gasteiger partial charge >= 0.3 is 12.4 Å². The maximum atomic E-state index is 4.54. The van der Waals surface area contributed by atoms with Crippen molar-refractivity contribution in [1.29, 1.82) is 0 Å². The first-order valence-corrected chi connectivity index (χ1v) is 14.5. The Bertz CT molecular complexity index is 2510. The lowest BCUT2D eigenvalue weighted by Gasteiger charge is -2.13. The van der Waals surface area contributed by atoms with Gasteiger partial charge in [-0.15, -0.1) is 0 Å². The fraction of sp³-hybridized carbons (Fsp3) is 0. The summed E-state index contributed by atoms with van der Waals surface area (Å²) in [4.78, 5) is 0. The summed E-state index contributed by atoms with van der Waals surface area (Å²) < 4.78 is 6.94. The van der Waals surface area contributed by atoms with Gasteiger partial charge in [-0.2, -0.15) is 0 Å². The van der Waals surface area contributed by atoms with Crippen molar-refractivity contribution >= 4 is 55.6 Å². The van der Waals surface area contributed by atoms with E-state index in [2.05, 4.69) is 137 Å². The normalized spacial score (nSPS) is 12.7. The van der Waals surface area contributed by atoms with Crippen LogP contribution < -0.4 is 4.67 Å². The van der Waals surface area contributed by atoms with Crippen molar-refractivity contribution in [3.8, 4) is 39.1 Å². The second-order valence-electron chi connectivity index (χ2n) is 11.4. The van der Waals surface area contributed by atoms with E-state index in [-0.39, 0.29) is 0 Å². The fourth-order valence-electron chi connectivity index (χ4n) is 7.41. The number of hydrogen-bond acceptors (Lipinski definition) is 0. The van der Waals surface area contributed by atoms with Crippen molar-refractivity contribution in [2.24, 2.45) is 0 Å². The number of fused-ring (bicyclic) bond motifs is 9. The first-order valence-electron chi connectivity index (χ1n) is 14.5. The van der Waals surface area contributed by atoms with Crippen LogP contribution in [0.15, 0.2) is 127 Å². The lowest BCUT2D eigenvalue weighted by molar-refractivity contribution is 1.12. The van der Waals surface area contributed by atoms with Crippen LogP contribution in [0.5, 0.6) is 0 Å². The molecular formula is C40H23N2+. The highest BCUT2D eigenvalue weighted by molar-refractivity contribution is 6.21. The molecule has 0 amide bonds. The minimum absolute atomic E-state index is 1.14. The second kappa shape index (κ2) is 7.95. The first kappa shape index (κ1) is 22.1. The molecule has 1 aromatic heterocycles. The molecule has 0 radical (unpaired) electrons. The van der Waals surface area contributed by atoms with Gasteiger partial charge in [-0.1, -0.05) is 108 Å². The van der Waals surface area contributed by atoms with Gasteiger partial charge < -0.3 is 4.57 Å². The van der Waals surface area contributed by atoms with E-state index in [4.69, 9.17) is 0 Å². The van der Waals surface area contributed by atoms with E-state index in [1.54, 1.807) is 0 Å². The summed E-state index contributed by atoms with van der Waals surface area (Å²) in [5.41, 5.74) is 12.5. The molecule has 0 atom stereocenters. The van der Waals surface area contributed by atoms with E-state index in [0.717, 1.165) is 11.4 Å². The zero-order chi connectivity index (χ0) is 27.4. The fourth-order valence-corrected chi connectivity index (χ4v) is 7.41. The van der Waals surface area contributed by atoms with Crippen LogP contribution in [0.3, 0.4) is 0 Å². The third-order valence-corrected chi connectivity index (χ3v) is 9.25. The molecule has 0 bridgehead atoms. The second-order valence-corrected chi connectivity index (χ2v) is 11.4. The monoisotopic (exact) mass is 531 g/mol. The maximum Gasteiger partial charge on any atom is 0.317 e. The molecule has 0 spiro atoms. The third-order valence-electron chi connectivity index (χ3n) is 9.25. The molecule has 0 saturated heterocycles. The molecule has 1 aliphatic heterocycles. The summed E-state index contributed by atoms with van der Waals surface area (Å²) in [6, 6.07) is 46.9. The zero-order valence-corrected chi connectivity index (χ0v) is 22.7. The van der Waals surface area contributed by atoms with Gasteiger partial charge in [-0.25, -0.2) is 0 Å². The molecule has 0 N–H and O–H groups in total. The number of rotatable bonds is 2. The van der Waals surface area contributed by atoms with E-state index in [9.17, 15) is 0 Å². The summed E-state index contributed by atoms with van der Waals surface area (Å²) >= 11 is 0. The lowest BCUT2D eigenvalue weighted by atomic mass is 9.94. The summed E-state index contributed by atoms with van der Waals surface area (Å²) in [5.74, 6) is 0. The van der Waals surface area contributed by atoms with Crippen molar-refractivity contribution < 1.29 is 0 Å². The molecule has 2 heterocycles. The molecule has 8 aromatic rings. The van der Waals surface area contributed by atoms with E-state index in [1.807, 2.05) is 12.4 Å². The van der Waals surface area contributed by atoms with Gasteiger partial charge in [-0.3, -0.25) is 0 Å². The Morgan fingerprint density at radius 3 is 2.02 bits per heavy atom. The van der Waals surface area contributed by atoms with E-state index >= 15 is 0 Å². The molecule has 192 valence electrons. The highest BCUT2D eigenvalue weighted by Gasteiger charge is 2.27. The quantitative estimate of drug-likeness (QED) is 0.198. The minimum Gasteiger partial charge on any atom is -0.302 e. The summed E-state index contributed by atoms with van der Waals surface area (Å²) in [6.45, 7) is 0. The van der Waals surface area contributed by atoms with E-state index in [0.29, 0.717) is 0 Å². The van der Waals surface area contributed by atoms with Crippen molar-refractivity contribution in [2.45, 2.75) is 0 Å². The number of hydrogen-bond donors (Lipinski definition) is 0. The number of nitrogens with zero attached hydrogens (tertiary/aromatic N) is 2. The summed E-state index contributed by atoms with van der Waals surface area (Å²) in [7, 11) is 0. The lowest BCUT2D eigenvalue weighted by Crippen LogP contribution is -2.00. The Morgan fingerprint density at radius 2 is 1.17 bits per heavy atom. The average Bonchev–Trinajstić information content (AvgIpc) is 3.73. The Morgan fingerprint density at radius 1 is 0.452 bits per heavy atom. The molecule has 2 aliphatic rings. The van der Waals surface area contributed by atoms with Crippen LogP contribution in [0.1, 0.15) is 11.3 Å². The standard InChI is InChI=1S/C40H23N2/c1-2-9-26-21-36-33-18-17-29(31-13-6-14-32(39(31)33)35(36)20-25(26)8-1)27-10-5-11-28(19-27)42-38-23-41-22-37(38)34-16-15-24-7-3-4-12-30(24)40(34)42/h1-23H/q+1. The Hall–Kier alpha value is -5.69. The van der Waals surface area contributed by atoms with Gasteiger partial charge in [0.15, 0.2) is 0 Å². The Balaban J connectivity index is 1.21. The molecule has 2 heteroatoms. The predicted molar refractivity (Wildman–Crippen MR) is 178 cm³/mol. The van der Waals surface area contributed by atoms with Crippen molar-refractivity contribution in [3.05, 3.63) is 139 Å². The van der Waals surface area contributed by atoms with Crippen molar-refractivity contribution in [1.82, 2.24) is 9.24 Å². The van der Waals surface area contributed by atoms with Crippen LogP contribution >= 0.6 is 0 Å². The minimum atomic E-state index is 1.14. The third kappa shape index (κ3) is 2.81. The number of aromatic nitrogens is 1. The smallest absolute Gasteiger partial charge is 0.302 e. The van der Waals surface area contributed by atoms with Crippen LogP contribution in [-0.2, 0) is 0 Å². The van der Waals surface area contributed by atoms with Crippen LogP contribution in [0.4, 0.5) is 0 Å². The zero-order valence-electron chi connectivity index (χ0n) is 22.7. The molecule has 1 aliphatic carbocycles. The van der Waals surface area contributed by atoms with Gasteiger partial charge in [0.1, 0.15) is 5.69 Å². The molecule has 0 fully saturated rings. The van der Waals surface area contributed by atoms with Gasteiger partial charge in [-0.05, 0) is 84.6 Å². The van der Waals surface area contributed by atoms with Gasteiger partial charge in [0.2, 0.25) is 0 Å². The SMILES string of the molecule is C1=[N+]=Cc2c1c1ccc3ccccc3c1n2-c1cccc(-c2ccc3c4c(cccc24)-c2cc4ccccc4cc2-3)c1. The van der Waals surface area contributed by atoms with Gasteiger partial charge in [0.25, 0.3) is 0 Å². The highest BCUT2D eigenvalue weighted by atomic mass is 15.0. The molecule has 7 aromatic carbocycles. The first-order chi connectivity index (χ1) is 20.8. The van der Waals surface area contributed by atoms with Crippen LogP contribution in [-0.4, -0.2) is 17.0 Å². The topological polar surface area (TPSA) is 19.0 Å². The molecule has 42 heavy (non-hydrogen) atoms. The average molecular weight is 532 g/mol. The number of benzene rings is 7. The summed E-state index contributed by atoms with van der Waals surface area (Å²) in [6.07, 6.45) is 3.99. The van der Waals surface area contributed by atoms with Crippen LogP contribution in [0.2, 0.25) is 0 Å². The van der Waals surface area contributed by atoms with Crippen LogP contribution in [0.25, 0.3) is 82.3 Å². The van der Waals surface area contributed by atoms with Gasteiger partial charge in [0, 0.05) is 16.5 Å². The largest absolute Gasteiger partial charge is 0.317 e. The van der Waals surface area contributed by atoms with Crippen molar-refractivity contribution in [3.63, 3.8) is 0 Å². The van der Waals surface area contributed by atoms with Crippen LogP contribution in [0, 0.1) is 0 Å². The highest BCUT2D eigenvalue weighted by Crippen LogP contribution is 2.50. The van der Waals surface area contributed by atoms with Gasteiger partial charge in [0.05, 0.1) is 11.1 Å². The predicted octanol–water partition coefficient (Wildman–Crippen LogP) is 9.32. The molecule has 2 nitrogen and oxygen atoms in total. The Kier molecular flexibility index (Phi) is 4.17. The van der Waals surface area contributed by atoms with E-state index < -0.39 is 0 Å². The van der Waals surface area contributed by atoms with E-state index in [1.165, 1.54) is 82.2 Å². The molecular weight excluding hydrogens is 508 g/mol.